The fraction of sp³-hybridized carbons (Fsp3) is 0.400. The summed E-state index contributed by atoms with van der Waals surface area (Å²) in [6, 6.07) is 12.5. The van der Waals surface area contributed by atoms with E-state index in [4.69, 9.17) is 21.1 Å². The Morgan fingerprint density at radius 1 is 1.21 bits per heavy atom. The maximum atomic E-state index is 13.6. The quantitative estimate of drug-likeness (QED) is 0.543. The van der Waals surface area contributed by atoms with Crippen molar-refractivity contribution >= 4 is 28.7 Å². The highest BCUT2D eigenvalue weighted by molar-refractivity contribution is 6.32. The summed E-state index contributed by atoms with van der Waals surface area (Å²) in [5.74, 6) is 0.556. The standard InChI is InChI=1S/C25H27ClN4O4/c1-25(2,3)34-24(32)28-10-9-18(15-28)30-20-7-5-16(13-27)12-21(20)29(23(30)31)14-17-6-8-22(33-4)19(26)11-17/h5-8,11-12,18H,9-10,14-15H2,1-4H3/t18-/m0/s1. The number of rotatable bonds is 4. The van der Waals surface area contributed by atoms with E-state index in [0.29, 0.717) is 41.4 Å². The molecule has 3 aromatic rings. The van der Waals surface area contributed by atoms with Gasteiger partial charge in [0.15, 0.2) is 0 Å². The average molecular weight is 483 g/mol. The van der Waals surface area contributed by atoms with Gasteiger partial charge in [0.05, 0.1) is 47.4 Å². The molecule has 2 heterocycles. The van der Waals surface area contributed by atoms with Crippen LogP contribution >= 0.6 is 11.6 Å². The molecule has 0 bridgehead atoms. The topological polar surface area (TPSA) is 89.5 Å². The van der Waals surface area contributed by atoms with E-state index in [9.17, 15) is 14.9 Å². The van der Waals surface area contributed by atoms with E-state index >= 15 is 0 Å². The molecule has 1 fully saturated rings. The molecule has 1 aromatic heterocycles. The number of hydrogen-bond donors (Lipinski definition) is 0. The highest BCUT2D eigenvalue weighted by atomic mass is 35.5. The Kier molecular flexibility index (Phi) is 6.32. The third kappa shape index (κ3) is 4.62. The van der Waals surface area contributed by atoms with Crippen LogP contribution in [0.25, 0.3) is 11.0 Å². The summed E-state index contributed by atoms with van der Waals surface area (Å²) in [6.07, 6.45) is 0.249. The van der Waals surface area contributed by atoms with Gasteiger partial charge >= 0.3 is 11.8 Å². The van der Waals surface area contributed by atoms with Gasteiger partial charge in [0, 0.05) is 13.1 Å². The van der Waals surface area contributed by atoms with Gasteiger partial charge in [0.1, 0.15) is 11.4 Å². The molecule has 34 heavy (non-hydrogen) atoms. The minimum atomic E-state index is -0.588. The number of imidazole rings is 1. The molecular weight excluding hydrogens is 456 g/mol. The highest BCUT2D eigenvalue weighted by Crippen LogP contribution is 2.29. The number of ether oxygens (including phenoxy) is 2. The van der Waals surface area contributed by atoms with Gasteiger partial charge in [-0.05, 0) is 63.1 Å². The second-order valence-corrected chi connectivity index (χ2v) is 9.80. The summed E-state index contributed by atoms with van der Waals surface area (Å²) in [5.41, 5.74) is 1.89. The summed E-state index contributed by atoms with van der Waals surface area (Å²) >= 11 is 6.29. The lowest BCUT2D eigenvalue weighted by Crippen LogP contribution is -2.36. The van der Waals surface area contributed by atoms with Crippen LogP contribution in [0.4, 0.5) is 4.79 Å². The van der Waals surface area contributed by atoms with Crippen molar-refractivity contribution in [2.24, 2.45) is 0 Å². The van der Waals surface area contributed by atoms with Crippen molar-refractivity contribution in [2.75, 3.05) is 20.2 Å². The fourth-order valence-electron chi connectivity index (χ4n) is 4.29. The average Bonchev–Trinajstić information content (AvgIpc) is 3.36. The van der Waals surface area contributed by atoms with Crippen LogP contribution in [0.5, 0.6) is 5.75 Å². The third-order valence-electron chi connectivity index (χ3n) is 5.83. The van der Waals surface area contributed by atoms with Crippen LogP contribution < -0.4 is 10.4 Å². The Morgan fingerprint density at radius 3 is 2.62 bits per heavy atom. The largest absolute Gasteiger partial charge is 0.495 e. The summed E-state index contributed by atoms with van der Waals surface area (Å²) in [6.45, 7) is 6.65. The first-order valence-electron chi connectivity index (χ1n) is 11.1. The molecule has 0 spiro atoms. The first-order valence-corrected chi connectivity index (χ1v) is 11.4. The van der Waals surface area contributed by atoms with E-state index in [0.717, 1.165) is 11.1 Å². The van der Waals surface area contributed by atoms with E-state index in [2.05, 4.69) is 6.07 Å². The van der Waals surface area contributed by atoms with E-state index in [1.807, 2.05) is 26.8 Å². The Bertz CT molecular complexity index is 1350. The fourth-order valence-corrected chi connectivity index (χ4v) is 4.57. The molecule has 0 aliphatic carbocycles. The summed E-state index contributed by atoms with van der Waals surface area (Å²) in [4.78, 5) is 27.8. The smallest absolute Gasteiger partial charge is 0.410 e. The number of likely N-dealkylation sites (tertiary alicyclic amines) is 1. The Labute approximate surface area is 202 Å². The Balaban J connectivity index is 1.72. The molecule has 2 aromatic carbocycles. The molecule has 1 atom stereocenters. The molecule has 8 nitrogen and oxygen atoms in total. The predicted molar refractivity (Wildman–Crippen MR) is 129 cm³/mol. The van der Waals surface area contributed by atoms with Crippen LogP contribution in [0.3, 0.4) is 0 Å². The van der Waals surface area contributed by atoms with Gasteiger partial charge in [-0.15, -0.1) is 0 Å². The number of nitrogens with zero attached hydrogens (tertiary/aromatic N) is 4. The van der Waals surface area contributed by atoms with Crippen LogP contribution in [-0.2, 0) is 11.3 Å². The molecule has 0 N–H and O–H groups in total. The number of carbonyl (C=O) groups excluding carboxylic acids is 1. The van der Waals surface area contributed by atoms with E-state index in [1.54, 1.807) is 51.5 Å². The first-order chi connectivity index (χ1) is 16.1. The van der Waals surface area contributed by atoms with Gasteiger partial charge in [0.2, 0.25) is 0 Å². The SMILES string of the molecule is COc1ccc(Cn2c(=O)n([C@H]3CCN(C(=O)OC(C)(C)C)C3)c3ccc(C#N)cc32)cc1Cl. The van der Waals surface area contributed by atoms with Crippen LogP contribution in [0.1, 0.15) is 44.4 Å². The number of amides is 1. The first kappa shape index (κ1) is 23.7. The van der Waals surface area contributed by atoms with Gasteiger partial charge in [0.25, 0.3) is 0 Å². The number of methoxy groups -OCH3 is 1. The molecule has 9 heteroatoms. The lowest BCUT2D eigenvalue weighted by Gasteiger charge is -2.24. The minimum Gasteiger partial charge on any atom is -0.495 e. The van der Waals surface area contributed by atoms with Gasteiger partial charge in [-0.1, -0.05) is 17.7 Å². The van der Waals surface area contributed by atoms with Crippen molar-refractivity contribution in [3.63, 3.8) is 0 Å². The van der Waals surface area contributed by atoms with Gasteiger partial charge in [-0.25, -0.2) is 9.59 Å². The van der Waals surface area contributed by atoms with Crippen LogP contribution in [0.2, 0.25) is 5.02 Å². The zero-order valence-electron chi connectivity index (χ0n) is 19.7. The lowest BCUT2D eigenvalue weighted by molar-refractivity contribution is 0.0289. The molecule has 178 valence electrons. The number of carbonyl (C=O) groups is 1. The highest BCUT2D eigenvalue weighted by Gasteiger charge is 2.33. The summed E-state index contributed by atoms with van der Waals surface area (Å²) < 4.78 is 14.1. The zero-order chi connectivity index (χ0) is 24.6. The number of halogens is 1. The number of nitriles is 1. The molecule has 0 radical (unpaired) electrons. The molecule has 1 saturated heterocycles. The molecule has 1 amide bonds. The number of hydrogen-bond acceptors (Lipinski definition) is 5. The van der Waals surface area contributed by atoms with Gasteiger partial charge < -0.3 is 14.4 Å². The van der Waals surface area contributed by atoms with Crippen LogP contribution in [0, 0.1) is 11.3 Å². The van der Waals surface area contributed by atoms with E-state index in [1.165, 1.54) is 0 Å². The maximum Gasteiger partial charge on any atom is 0.410 e. The Morgan fingerprint density at radius 2 is 1.97 bits per heavy atom. The number of benzene rings is 2. The third-order valence-corrected chi connectivity index (χ3v) is 6.12. The molecule has 4 rings (SSSR count). The molecule has 1 aliphatic rings. The van der Waals surface area contributed by atoms with Gasteiger partial charge in [-0.3, -0.25) is 9.13 Å². The van der Waals surface area contributed by atoms with E-state index < -0.39 is 5.60 Å². The lowest BCUT2D eigenvalue weighted by atomic mass is 10.2. The molecular formula is C25H27ClN4O4. The monoisotopic (exact) mass is 482 g/mol. The van der Waals surface area contributed by atoms with Crippen LogP contribution in [-0.4, -0.2) is 45.9 Å². The molecule has 0 unspecified atom stereocenters. The van der Waals surface area contributed by atoms with Crippen molar-refractivity contribution in [3.05, 3.63) is 63.0 Å². The zero-order valence-corrected chi connectivity index (χ0v) is 20.4. The van der Waals surface area contributed by atoms with Crippen LogP contribution in [0.15, 0.2) is 41.2 Å². The molecule has 1 aliphatic heterocycles. The Hall–Kier alpha value is -3.44. The number of aromatic nitrogens is 2. The molecule has 0 saturated carbocycles. The van der Waals surface area contributed by atoms with Crippen molar-refractivity contribution in [3.8, 4) is 11.8 Å². The minimum absolute atomic E-state index is 0.198. The number of fused-ring (bicyclic) bond motifs is 1. The maximum absolute atomic E-state index is 13.6. The second-order valence-electron chi connectivity index (χ2n) is 9.39. The summed E-state index contributed by atoms with van der Waals surface area (Å²) in [5, 5.41) is 9.87. The van der Waals surface area contributed by atoms with Crippen molar-refractivity contribution in [2.45, 2.75) is 45.4 Å². The van der Waals surface area contributed by atoms with Crippen molar-refractivity contribution < 1.29 is 14.3 Å². The second kappa shape index (κ2) is 9.07. The predicted octanol–water partition coefficient (Wildman–Crippen LogP) is 4.57. The van der Waals surface area contributed by atoms with E-state index in [-0.39, 0.29) is 24.4 Å². The summed E-state index contributed by atoms with van der Waals surface area (Å²) in [7, 11) is 1.55. The van der Waals surface area contributed by atoms with Crippen molar-refractivity contribution in [1.29, 1.82) is 5.26 Å². The van der Waals surface area contributed by atoms with Gasteiger partial charge in [-0.2, -0.15) is 5.26 Å². The normalized spacial score (nSPS) is 16.0. The van der Waals surface area contributed by atoms with Crippen molar-refractivity contribution in [1.82, 2.24) is 14.0 Å².